The molecule has 0 bridgehead atoms. The normalized spacial score (nSPS) is 19.1. The maximum atomic E-state index is 13.0. The Hall–Kier alpha value is -1.11. The van der Waals surface area contributed by atoms with Crippen molar-refractivity contribution < 1.29 is 13.2 Å². The molecule has 1 aromatic carbocycles. The van der Waals surface area contributed by atoms with E-state index >= 15 is 0 Å². The molecule has 1 aliphatic heterocycles. The predicted octanol–water partition coefficient (Wildman–Crippen LogP) is 3.63. The maximum absolute atomic E-state index is 13.0. The molecule has 0 saturated carbocycles. The number of benzene rings is 1. The molecule has 146 valence electrons. The van der Waals surface area contributed by atoms with Crippen LogP contribution in [0.15, 0.2) is 29.2 Å². The van der Waals surface area contributed by atoms with Gasteiger partial charge in [-0.15, -0.1) is 0 Å². The van der Waals surface area contributed by atoms with Gasteiger partial charge in [-0.05, 0) is 56.9 Å². The van der Waals surface area contributed by atoms with Crippen LogP contribution in [0.5, 0.6) is 0 Å². The molecule has 1 atom stereocenters. The SMILES string of the molecule is CC(C)CN(C(=O)[C@H]1CCCN(S(=O)(=O)c2ccc(Cl)cc2)C1)C(C)C. The summed E-state index contributed by atoms with van der Waals surface area (Å²) in [5, 5.41) is 0.497. The Balaban J connectivity index is 2.17. The van der Waals surface area contributed by atoms with Crippen molar-refractivity contribution in [2.24, 2.45) is 11.8 Å². The fourth-order valence-corrected chi connectivity index (χ4v) is 4.95. The number of nitrogens with zero attached hydrogens (tertiary/aromatic N) is 2. The molecule has 0 aromatic heterocycles. The lowest BCUT2D eigenvalue weighted by atomic mass is 9.97. The van der Waals surface area contributed by atoms with Crippen LogP contribution in [0.25, 0.3) is 0 Å². The van der Waals surface area contributed by atoms with Crippen LogP contribution in [-0.4, -0.2) is 49.2 Å². The van der Waals surface area contributed by atoms with Gasteiger partial charge in [-0.3, -0.25) is 4.79 Å². The van der Waals surface area contributed by atoms with Crippen molar-refractivity contribution in [1.29, 1.82) is 0 Å². The Morgan fingerprint density at radius 2 is 1.85 bits per heavy atom. The summed E-state index contributed by atoms with van der Waals surface area (Å²) in [4.78, 5) is 15.1. The summed E-state index contributed by atoms with van der Waals surface area (Å²) < 4.78 is 27.3. The second-order valence-electron chi connectivity index (χ2n) is 7.63. The Kier molecular flexibility index (Phi) is 7.11. The van der Waals surface area contributed by atoms with Crippen LogP contribution in [0.4, 0.5) is 0 Å². The van der Waals surface area contributed by atoms with Crippen LogP contribution < -0.4 is 0 Å². The molecular weight excluding hydrogens is 372 g/mol. The summed E-state index contributed by atoms with van der Waals surface area (Å²) in [6.45, 7) is 9.56. The van der Waals surface area contributed by atoms with E-state index in [2.05, 4.69) is 13.8 Å². The van der Waals surface area contributed by atoms with E-state index in [1.54, 1.807) is 12.1 Å². The third-order valence-corrected chi connectivity index (χ3v) is 6.78. The van der Waals surface area contributed by atoms with E-state index in [9.17, 15) is 13.2 Å². The molecule has 7 heteroatoms. The minimum atomic E-state index is -3.61. The lowest BCUT2D eigenvalue weighted by Crippen LogP contribution is -2.49. The van der Waals surface area contributed by atoms with Crippen molar-refractivity contribution in [3.8, 4) is 0 Å². The molecule has 1 aromatic rings. The molecule has 2 rings (SSSR count). The van der Waals surface area contributed by atoms with E-state index in [-0.39, 0.29) is 29.3 Å². The van der Waals surface area contributed by atoms with Crippen LogP contribution in [0.2, 0.25) is 5.02 Å². The molecule has 0 N–H and O–H groups in total. The molecule has 1 amide bonds. The minimum absolute atomic E-state index is 0.0599. The quantitative estimate of drug-likeness (QED) is 0.732. The van der Waals surface area contributed by atoms with Gasteiger partial charge in [0.15, 0.2) is 0 Å². The van der Waals surface area contributed by atoms with E-state index < -0.39 is 10.0 Å². The Morgan fingerprint density at radius 3 is 2.38 bits per heavy atom. The van der Waals surface area contributed by atoms with E-state index in [0.29, 0.717) is 30.5 Å². The second kappa shape index (κ2) is 8.72. The van der Waals surface area contributed by atoms with Crippen LogP contribution in [0, 0.1) is 11.8 Å². The first-order valence-electron chi connectivity index (χ1n) is 9.19. The van der Waals surface area contributed by atoms with Crippen molar-refractivity contribution in [1.82, 2.24) is 9.21 Å². The molecule has 0 aliphatic carbocycles. The summed E-state index contributed by atoms with van der Waals surface area (Å²) in [6, 6.07) is 6.28. The first kappa shape index (κ1) is 21.2. The molecule has 0 unspecified atom stereocenters. The first-order chi connectivity index (χ1) is 12.1. The number of carbonyl (C=O) groups excluding carboxylic acids is 1. The summed E-state index contributed by atoms with van der Waals surface area (Å²) in [5.74, 6) is 0.149. The third-order valence-electron chi connectivity index (χ3n) is 4.65. The molecular formula is C19H29ClN2O3S. The lowest BCUT2D eigenvalue weighted by molar-refractivity contribution is -0.139. The highest BCUT2D eigenvalue weighted by molar-refractivity contribution is 7.89. The number of hydrogen-bond acceptors (Lipinski definition) is 3. The molecule has 1 heterocycles. The van der Waals surface area contributed by atoms with E-state index in [0.717, 1.165) is 6.42 Å². The van der Waals surface area contributed by atoms with Gasteiger partial charge in [0.2, 0.25) is 15.9 Å². The minimum Gasteiger partial charge on any atom is -0.340 e. The number of sulfonamides is 1. The van der Waals surface area contributed by atoms with Crippen molar-refractivity contribution in [3.63, 3.8) is 0 Å². The van der Waals surface area contributed by atoms with Crippen molar-refractivity contribution >= 4 is 27.5 Å². The van der Waals surface area contributed by atoms with Crippen LogP contribution in [0.3, 0.4) is 0 Å². The summed E-state index contributed by atoms with van der Waals surface area (Å²) >= 11 is 5.86. The molecule has 1 aliphatic rings. The third kappa shape index (κ3) is 4.99. The van der Waals surface area contributed by atoms with Gasteiger partial charge in [-0.25, -0.2) is 8.42 Å². The van der Waals surface area contributed by atoms with Crippen molar-refractivity contribution in [2.45, 2.75) is 51.5 Å². The van der Waals surface area contributed by atoms with Gasteiger partial charge in [0.1, 0.15) is 0 Å². The smallest absolute Gasteiger partial charge is 0.243 e. The van der Waals surface area contributed by atoms with Gasteiger partial charge in [-0.1, -0.05) is 25.4 Å². The molecule has 1 fully saturated rings. The zero-order chi connectivity index (χ0) is 19.5. The van der Waals surface area contributed by atoms with Crippen LogP contribution in [-0.2, 0) is 14.8 Å². The van der Waals surface area contributed by atoms with E-state index in [4.69, 9.17) is 11.6 Å². The van der Waals surface area contributed by atoms with E-state index in [1.165, 1.54) is 16.4 Å². The zero-order valence-corrected chi connectivity index (χ0v) is 17.6. The second-order valence-corrected chi connectivity index (χ2v) is 10.0. The number of amides is 1. The number of halogens is 1. The lowest BCUT2D eigenvalue weighted by Gasteiger charge is -2.36. The number of hydrogen-bond donors (Lipinski definition) is 0. The Bertz CT molecular complexity index is 717. The summed E-state index contributed by atoms with van der Waals surface area (Å²) in [7, 11) is -3.61. The topological polar surface area (TPSA) is 57.7 Å². The Morgan fingerprint density at radius 1 is 1.23 bits per heavy atom. The average Bonchev–Trinajstić information content (AvgIpc) is 2.59. The zero-order valence-electron chi connectivity index (χ0n) is 16.0. The van der Waals surface area contributed by atoms with Crippen molar-refractivity contribution in [2.75, 3.05) is 19.6 Å². The van der Waals surface area contributed by atoms with Crippen molar-refractivity contribution in [3.05, 3.63) is 29.3 Å². The number of rotatable bonds is 6. The van der Waals surface area contributed by atoms with Gasteiger partial charge < -0.3 is 4.90 Å². The standard InChI is InChI=1S/C19H29ClN2O3S/c1-14(2)12-22(15(3)4)19(23)16-6-5-11-21(13-16)26(24,25)18-9-7-17(20)8-10-18/h7-10,14-16H,5-6,11-13H2,1-4H3/t16-/m0/s1. The van der Waals surface area contributed by atoms with E-state index in [1.807, 2.05) is 18.7 Å². The Labute approximate surface area is 162 Å². The fraction of sp³-hybridized carbons (Fsp3) is 0.632. The number of piperidine rings is 1. The average molecular weight is 401 g/mol. The number of carbonyl (C=O) groups is 1. The van der Waals surface area contributed by atoms with Gasteiger partial charge in [0.25, 0.3) is 0 Å². The monoisotopic (exact) mass is 400 g/mol. The molecule has 0 radical (unpaired) electrons. The molecule has 0 spiro atoms. The maximum Gasteiger partial charge on any atom is 0.243 e. The molecule has 26 heavy (non-hydrogen) atoms. The fourth-order valence-electron chi connectivity index (χ4n) is 3.30. The highest BCUT2D eigenvalue weighted by Crippen LogP contribution is 2.26. The molecule has 1 saturated heterocycles. The van der Waals surface area contributed by atoms with Crippen LogP contribution >= 0.6 is 11.6 Å². The highest BCUT2D eigenvalue weighted by Gasteiger charge is 2.35. The van der Waals surface area contributed by atoms with Gasteiger partial charge in [0, 0.05) is 30.7 Å². The van der Waals surface area contributed by atoms with Crippen LogP contribution in [0.1, 0.15) is 40.5 Å². The molecule has 5 nitrogen and oxygen atoms in total. The van der Waals surface area contributed by atoms with Gasteiger partial charge in [0.05, 0.1) is 10.8 Å². The summed E-state index contributed by atoms with van der Waals surface area (Å²) in [6.07, 6.45) is 1.42. The first-order valence-corrected chi connectivity index (χ1v) is 11.0. The highest BCUT2D eigenvalue weighted by atomic mass is 35.5. The van der Waals surface area contributed by atoms with Gasteiger partial charge >= 0.3 is 0 Å². The summed E-state index contributed by atoms with van der Waals surface area (Å²) in [5.41, 5.74) is 0. The largest absolute Gasteiger partial charge is 0.340 e. The van der Waals surface area contributed by atoms with Gasteiger partial charge in [-0.2, -0.15) is 4.31 Å². The predicted molar refractivity (Wildman–Crippen MR) is 105 cm³/mol.